The molecule has 1 unspecified atom stereocenters. The van der Waals surface area contributed by atoms with Gasteiger partial charge < -0.3 is 9.84 Å². The SMILES string of the molecule is O=C(OCc1cccc(C(F)(F)F)c1)C(=Cc1ccc(Cl)s1)C(O)c1cccnc1. The van der Waals surface area contributed by atoms with Gasteiger partial charge in [-0.1, -0.05) is 29.8 Å². The molecule has 0 bridgehead atoms. The summed E-state index contributed by atoms with van der Waals surface area (Å²) in [5.74, 6) is -0.867. The summed E-state index contributed by atoms with van der Waals surface area (Å²) < 4.78 is 44.3. The first kappa shape index (κ1) is 22.0. The van der Waals surface area contributed by atoms with Crippen LogP contribution in [0.4, 0.5) is 13.2 Å². The molecule has 9 heteroatoms. The Kier molecular flexibility index (Phi) is 6.91. The van der Waals surface area contributed by atoms with Crippen molar-refractivity contribution >= 4 is 35.0 Å². The number of halogens is 4. The Hall–Kier alpha value is -2.68. The number of thiophene rings is 1. The first-order chi connectivity index (χ1) is 14.2. The van der Waals surface area contributed by atoms with Gasteiger partial charge in [-0.3, -0.25) is 4.98 Å². The smallest absolute Gasteiger partial charge is 0.416 e. The fraction of sp³-hybridized carbons (Fsp3) is 0.143. The highest BCUT2D eigenvalue weighted by Gasteiger charge is 2.30. The number of ether oxygens (including phenoxy) is 1. The Morgan fingerprint density at radius 3 is 2.67 bits per heavy atom. The molecular formula is C21H15ClF3NO3S. The molecule has 0 aliphatic carbocycles. The van der Waals surface area contributed by atoms with Gasteiger partial charge in [-0.25, -0.2) is 4.79 Å². The van der Waals surface area contributed by atoms with Gasteiger partial charge in [0.25, 0.3) is 0 Å². The van der Waals surface area contributed by atoms with Crippen molar-refractivity contribution in [3.8, 4) is 0 Å². The molecule has 0 fully saturated rings. The molecule has 0 aliphatic heterocycles. The van der Waals surface area contributed by atoms with Crippen LogP contribution in [0.1, 0.15) is 27.7 Å². The van der Waals surface area contributed by atoms with Crippen LogP contribution in [0.3, 0.4) is 0 Å². The van der Waals surface area contributed by atoms with E-state index in [1.54, 1.807) is 24.3 Å². The van der Waals surface area contributed by atoms with Crippen molar-refractivity contribution in [3.05, 3.63) is 92.4 Å². The molecular weight excluding hydrogens is 439 g/mol. The van der Waals surface area contributed by atoms with Crippen LogP contribution in [0.15, 0.2) is 66.5 Å². The average molecular weight is 454 g/mol. The molecule has 1 N–H and O–H groups in total. The monoisotopic (exact) mass is 453 g/mol. The zero-order chi connectivity index (χ0) is 21.7. The van der Waals surface area contributed by atoms with E-state index >= 15 is 0 Å². The molecule has 3 aromatic rings. The van der Waals surface area contributed by atoms with Crippen molar-refractivity contribution in [3.63, 3.8) is 0 Å². The zero-order valence-electron chi connectivity index (χ0n) is 15.3. The summed E-state index contributed by atoms with van der Waals surface area (Å²) in [4.78, 5) is 17.2. The van der Waals surface area contributed by atoms with Crippen molar-refractivity contribution in [2.75, 3.05) is 0 Å². The van der Waals surface area contributed by atoms with Crippen LogP contribution in [0.2, 0.25) is 4.34 Å². The quantitative estimate of drug-likeness (QED) is 0.385. The number of hydrogen-bond donors (Lipinski definition) is 1. The molecule has 30 heavy (non-hydrogen) atoms. The van der Waals surface area contributed by atoms with E-state index in [-0.39, 0.29) is 17.7 Å². The molecule has 4 nitrogen and oxygen atoms in total. The molecule has 2 heterocycles. The maximum Gasteiger partial charge on any atom is 0.416 e. The number of carbonyl (C=O) groups is 1. The van der Waals surface area contributed by atoms with E-state index in [2.05, 4.69) is 4.98 Å². The van der Waals surface area contributed by atoms with Crippen LogP contribution < -0.4 is 0 Å². The fourth-order valence-corrected chi connectivity index (χ4v) is 3.61. The Morgan fingerprint density at radius 1 is 1.23 bits per heavy atom. The second kappa shape index (κ2) is 9.42. The van der Waals surface area contributed by atoms with E-state index in [1.807, 2.05) is 0 Å². The third kappa shape index (κ3) is 5.69. The van der Waals surface area contributed by atoms with E-state index in [0.717, 1.165) is 12.1 Å². The lowest BCUT2D eigenvalue weighted by Gasteiger charge is -2.15. The number of benzene rings is 1. The lowest BCUT2D eigenvalue weighted by atomic mass is 10.0. The molecule has 156 valence electrons. The number of aromatic nitrogens is 1. The molecule has 0 amide bonds. The second-order valence-corrected chi connectivity index (χ2v) is 7.95. The summed E-state index contributed by atoms with van der Waals surface area (Å²) >= 11 is 7.12. The van der Waals surface area contributed by atoms with Gasteiger partial charge in [-0.2, -0.15) is 13.2 Å². The van der Waals surface area contributed by atoms with Crippen molar-refractivity contribution in [1.82, 2.24) is 4.98 Å². The number of esters is 1. The number of nitrogens with zero attached hydrogens (tertiary/aromatic N) is 1. The predicted molar refractivity (Wildman–Crippen MR) is 108 cm³/mol. The van der Waals surface area contributed by atoms with Crippen LogP contribution in [0.5, 0.6) is 0 Å². The van der Waals surface area contributed by atoms with Crippen LogP contribution in [0.25, 0.3) is 6.08 Å². The van der Waals surface area contributed by atoms with E-state index in [4.69, 9.17) is 16.3 Å². The van der Waals surface area contributed by atoms with Gasteiger partial charge in [0.2, 0.25) is 0 Å². The normalized spacial score (nSPS) is 13.2. The Balaban J connectivity index is 1.83. The van der Waals surface area contributed by atoms with Gasteiger partial charge in [0.1, 0.15) is 12.7 Å². The summed E-state index contributed by atoms with van der Waals surface area (Å²) in [6.45, 7) is -0.384. The standard InChI is InChI=1S/C21H15ClF3NO3S/c22-18-7-6-16(30-18)10-17(19(27)14-4-2-8-26-11-14)20(28)29-12-13-3-1-5-15(9-13)21(23,24)25/h1-11,19,27H,12H2. The van der Waals surface area contributed by atoms with Crippen LogP contribution in [-0.2, 0) is 22.3 Å². The molecule has 0 spiro atoms. The Bertz CT molecular complexity index is 1050. The number of rotatable bonds is 6. The summed E-state index contributed by atoms with van der Waals surface area (Å²) in [5, 5.41) is 10.7. The van der Waals surface area contributed by atoms with E-state index in [1.165, 1.54) is 41.9 Å². The number of hydrogen-bond acceptors (Lipinski definition) is 5. The average Bonchev–Trinajstić information content (AvgIpc) is 3.15. The summed E-state index contributed by atoms with van der Waals surface area (Å²) in [7, 11) is 0. The van der Waals surface area contributed by atoms with Crippen molar-refractivity contribution in [2.45, 2.75) is 18.9 Å². The number of aliphatic hydroxyl groups is 1. The topological polar surface area (TPSA) is 59.4 Å². The number of carbonyl (C=O) groups excluding carboxylic acids is 1. The van der Waals surface area contributed by atoms with Gasteiger partial charge in [-0.15, -0.1) is 11.3 Å². The minimum atomic E-state index is -4.50. The minimum Gasteiger partial charge on any atom is -0.457 e. The third-order valence-electron chi connectivity index (χ3n) is 4.05. The number of alkyl halides is 3. The van der Waals surface area contributed by atoms with E-state index in [0.29, 0.717) is 14.8 Å². The van der Waals surface area contributed by atoms with Crippen molar-refractivity contribution in [1.29, 1.82) is 0 Å². The summed E-state index contributed by atoms with van der Waals surface area (Å²) in [5.41, 5.74) is -0.390. The third-order valence-corrected chi connectivity index (χ3v) is 5.22. The number of pyridine rings is 1. The molecule has 1 aromatic carbocycles. The Labute approximate surface area is 179 Å². The molecule has 3 rings (SSSR count). The molecule has 0 saturated carbocycles. The largest absolute Gasteiger partial charge is 0.457 e. The lowest BCUT2D eigenvalue weighted by Crippen LogP contribution is -2.15. The molecule has 2 aromatic heterocycles. The zero-order valence-corrected chi connectivity index (χ0v) is 16.8. The molecule has 0 radical (unpaired) electrons. The van der Waals surface area contributed by atoms with Gasteiger partial charge in [0.15, 0.2) is 0 Å². The maximum atomic E-state index is 12.9. The van der Waals surface area contributed by atoms with Gasteiger partial charge in [-0.05, 0) is 42.0 Å². The highest BCUT2D eigenvalue weighted by atomic mass is 35.5. The van der Waals surface area contributed by atoms with Crippen LogP contribution in [0, 0.1) is 0 Å². The molecule has 0 saturated heterocycles. The fourth-order valence-electron chi connectivity index (χ4n) is 2.60. The van der Waals surface area contributed by atoms with E-state index in [9.17, 15) is 23.1 Å². The maximum absolute atomic E-state index is 12.9. The second-order valence-electron chi connectivity index (χ2n) is 6.20. The van der Waals surface area contributed by atoms with Crippen molar-refractivity contribution < 1.29 is 27.8 Å². The highest BCUT2D eigenvalue weighted by Crippen LogP contribution is 2.31. The molecule has 1 atom stereocenters. The van der Waals surface area contributed by atoms with Gasteiger partial charge in [0, 0.05) is 22.8 Å². The van der Waals surface area contributed by atoms with Gasteiger partial charge in [0.05, 0.1) is 15.5 Å². The minimum absolute atomic E-state index is 0.0894. The highest BCUT2D eigenvalue weighted by molar-refractivity contribution is 7.17. The number of aliphatic hydroxyl groups excluding tert-OH is 1. The van der Waals surface area contributed by atoms with E-state index < -0.39 is 23.8 Å². The predicted octanol–water partition coefficient (Wildman–Crippen LogP) is 5.68. The Morgan fingerprint density at radius 2 is 2.03 bits per heavy atom. The van der Waals surface area contributed by atoms with Crippen molar-refractivity contribution in [2.24, 2.45) is 0 Å². The molecule has 0 aliphatic rings. The first-order valence-electron chi connectivity index (χ1n) is 8.62. The summed E-state index contributed by atoms with van der Waals surface area (Å²) in [6.07, 6.45) is -1.48. The van der Waals surface area contributed by atoms with Crippen LogP contribution in [-0.4, -0.2) is 16.1 Å². The van der Waals surface area contributed by atoms with Gasteiger partial charge >= 0.3 is 12.1 Å². The summed E-state index contributed by atoms with van der Waals surface area (Å²) in [6, 6.07) is 11.0. The van der Waals surface area contributed by atoms with Crippen LogP contribution >= 0.6 is 22.9 Å². The lowest BCUT2D eigenvalue weighted by molar-refractivity contribution is -0.141. The first-order valence-corrected chi connectivity index (χ1v) is 9.81.